The summed E-state index contributed by atoms with van der Waals surface area (Å²) in [4.78, 5) is 13.7. The number of nitrogens with one attached hydrogen (secondary N) is 1. The second-order valence-electron chi connectivity index (χ2n) is 6.06. The quantitative estimate of drug-likeness (QED) is 0.771. The Morgan fingerprint density at radius 2 is 1.81 bits per heavy atom. The number of hydrogen-bond donors (Lipinski definition) is 1. The van der Waals surface area contributed by atoms with Gasteiger partial charge in [-0.1, -0.05) is 19.3 Å². The van der Waals surface area contributed by atoms with Gasteiger partial charge in [-0.3, -0.25) is 0 Å². The van der Waals surface area contributed by atoms with Crippen LogP contribution in [0, 0.1) is 5.92 Å². The molecule has 0 aliphatic heterocycles. The molecular formula is C13H26N2O. The molecule has 0 bridgehead atoms. The van der Waals surface area contributed by atoms with Crippen molar-refractivity contribution in [3.05, 3.63) is 0 Å². The molecule has 0 unspecified atom stereocenters. The highest BCUT2D eigenvalue weighted by molar-refractivity contribution is 5.74. The highest BCUT2D eigenvalue weighted by atomic mass is 16.2. The van der Waals surface area contributed by atoms with Crippen LogP contribution in [0.2, 0.25) is 0 Å². The third-order valence-corrected chi connectivity index (χ3v) is 3.09. The summed E-state index contributed by atoms with van der Waals surface area (Å²) in [5.74, 6) is 0.712. The predicted molar refractivity (Wildman–Crippen MR) is 67.5 cm³/mol. The lowest BCUT2D eigenvalue weighted by Gasteiger charge is -2.30. The van der Waals surface area contributed by atoms with Crippen LogP contribution in [0.3, 0.4) is 0 Å². The van der Waals surface area contributed by atoms with E-state index in [1.807, 2.05) is 32.7 Å². The Morgan fingerprint density at radius 1 is 1.25 bits per heavy atom. The average Bonchev–Trinajstić information content (AvgIpc) is 2.16. The zero-order valence-corrected chi connectivity index (χ0v) is 11.2. The van der Waals surface area contributed by atoms with E-state index >= 15 is 0 Å². The van der Waals surface area contributed by atoms with Crippen molar-refractivity contribution >= 4 is 6.03 Å². The first-order valence-electron chi connectivity index (χ1n) is 6.42. The van der Waals surface area contributed by atoms with Gasteiger partial charge in [-0.05, 0) is 39.5 Å². The summed E-state index contributed by atoms with van der Waals surface area (Å²) in [6, 6.07) is 0.0538. The van der Waals surface area contributed by atoms with Gasteiger partial charge in [-0.2, -0.15) is 0 Å². The predicted octanol–water partition coefficient (Wildman–Crippen LogP) is 3.01. The molecule has 0 aromatic heterocycles. The first-order valence-corrected chi connectivity index (χ1v) is 6.42. The van der Waals surface area contributed by atoms with Crippen molar-refractivity contribution < 1.29 is 4.79 Å². The molecule has 2 amide bonds. The minimum Gasteiger partial charge on any atom is -0.333 e. The molecule has 94 valence electrons. The summed E-state index contributed by atoms with van der Waals surface area (Å²) in [6.45, 7) is 6.94. The molecule has 3 heteroatoms. The van der Waals surface area contributed by atoms with Crippen LogP contribution in [0.15, 0.2) is 0 Å². The topological polar surface area (TPSA) is 32.3 Å². The van der Waals surface area contributed by atoms with E-state index in [0.717, 1.165) is 6.54 Å². The minimum absolute atomic E-state index is 0.0538. The normalized spacial score (nSPS) is 18.2. The summed E-state index contributed by atoms with van der Waals surface area (Å²) in [6.07, 6.45) is 6.60. The Hall–Kier alpha value is -0.730. The lowest BCUT2D eigenvalue weighted by atomic mass is 9.89. The molecule has 1 fully saturated rings. The molecule has 0 aromatic rings. The van der Waals surface area contributed by atoms with Crippen LogP contribution in [0.5, 0.6) is 0 Å². The van der Waals surface area contributed by atoms with Crippen molar-refractivity contribution in [3.63, 3.8) is 0 Å². The number of urea groups is 1. The Bertz CT molecular complexity index is 227. The highest BCUT2D eigenvalue weighted by Gasteiger charge is 2.20. The van der Waals surface area contributed by atoms with Crippen molar-refractivity contribution in [1.82, 2.24) is 10.2 Å². The molecule has 1 rings (SSSR count). The summed E-state index contributed by atoms with van der Waals surface area (Å²) in [7, 11) is 1.90. The Balaban J connectivity index is 2.33. The van der Waals surface area contributed by atoms with E-state index in [1.54, 1.807) is 0 Å². The van der Waals surface area contributed by atoms with Gasteiger partial charge in [0, 0.05) is 19.1 Å². The van der Waals surface area contributed by atoms with Crippen molar-refractivity contribution in [2.75, 3.05) is 13.6 Å². The van der Waals surface area contributed by atoms with Crippen LogP contribution in [0.25, 0.3) is 0 Å². The number of carbonyl (C=O) groups excluding carboxylic acids is 1. The van der Waals surface area contributed by atoms with Crippen LogP contribution in [-0.4, -0.2) is 30.1 Å². The Labute approximate surface area is 99.6 Å². The summed E-state index contributed by atoms with van der Waals surface area (Å²) < 4.78 is 0. The standard InChI is InChI=1S/C13H26N2O/c1-13(2,3)14-12(16)15(4)10-11-8-6-5-7-9-11/h11H,5-10H2,1-4H3,(H,14,16). The van der Waals surface area contributed by atoms with Gasteiger partial charge in [0.1, 0.15) is 0 Å². The van der Waals surface area contributed by atoms with E-state index in [9.17, 15) is 4.79 Å². The second kappa shape index (κ2) is 5.55. The second-order valence-corrected chi connectivity index (χ2v) is 6.06. The summed E-state index contributed by atoms with van der Waals surface area (Å²) in [5, 5.41) is 3.00. The molecule has 0 saturated heterocycles. The Kier molecular flexibility index (Phi) is 4.63. The number of amides is 2. The molecule has 0 heterocycles. The number of rotatable bonds is 2. The fourth-order valence-corrected chi connectivity index (χ4v) is 2.26. The first-order chi connectivity index (χ1) is 7.38. The molecule has 1 aliphatic carbocycles. The molecule has 1 aliphatic rings. The minimum atomic E-state index is -0.141. The SMILES string of the molecule is CN(CC1CCCCC1)C(=O)NC(C)(C)C. The van der Waals surface area contributed by atoms with Crippen molar-refractivity contribution in [1.29, 1.82) is 0 Å². The number of carbonyl (C=O) groups is 1. The molecule has 0 atom stereocenters. The average molecular weight is 226 g/mol. The molecular weight excluding hydrogens is 200 g/mol. The van der Waals surface area contributed by atoms with Gasteiger partial charge >= 0.3 is 6.03 Å². The van der Waals surface area contributed by atoms with Gasteiger partial charge in [-0.15, -0.1) is 0 Å². The van der Waals surface area contributed by atoms with Gasteiger partial charge in [0.2, 0.25) is 0 Å². The highest BCUT2D eigenvalue weighted by Crippen LogP contribution is 2.24. The molecule has 3 nitrogen and oxygen atoms in total. The largest absolute Gasteiger partial charge is 0.333 e. The number of hydrogen-bond acceptors (Lipinski definition) is 1. The van der Waals surface area contributed by atoms with E-state index in [4.69, 9.17) is 0 Å². The zero-order valence-electron chi connectivity index (χ0n) is 11.2. The fraction of sp³-hybridized carbons (Fsp3) is 0.923. The maximum absolute atomic E-state index is 11.8. The van der Waals surface area contributed by atoms with Gasteiger partial charge in [-0.25, -0.2) is 4.79 Å². The third-order valence-electron chi connectivity index (χ3n) is 3.09. The molecule has 1 N–H and O–H groups in total. The maximum atomic E-state index is 11.8. The lowest BCUT2D eigenvalue weighted by Crippen LogP contribution is -2.48. The Morgan fingerprint density at radius 3 is 2.31 bits per heavy atom. The smallest absolute Gasteiger partial charge is 0.317 e. The van der Waals surface area contributed by atoms with Gasteiger partial charge in [0.25, 0.3) is 0 Å². The van der Waals surface area contributed by atoms with Gasteiger partial charge in [0.15, 0.2) is 0 Å². The molecule has 0 spiro atoms. The van der Waals surface area contributed by atoms with Gasteiger partial charge in [0.05, 0.1) is 0 Å². The van der Waals surface area contributed by atoms with E-state index in [-0.39, 0.29) is 11.6 Å². The third kappa shape index (κ3) is 4.86. The fourth-order valence-electron chi connectivity index (χ4n) is 2.26. The van der Waals surface area contributed by atoms with Crippen LogP contribution in [-0.2, 0) is 0 Å². The van der Waals surface area contributed by atoms with E-state index in [0.29, 0.717) is 5.92 Å². The lowest BCUT2D eigenvalue weighted by molar-refractivity contribution is 0.184. The molecule has 1 saturated carbocycles. The van der Waals surface area contributed by atoms with Crippen LogP contribution in [0.4, 0.5) is 4.79 Å². The van der Waals surface area contributed by atoms with Crippen molar-refractivity contribution in [2.24, 2.45) is 5.92 Å². The zero-order chi connectivity index (χ0) is 12.2. The van der Waals surface area contributed by atoms with Gasteiger partial charge < -0.3 is 10.2 Å². The van der Waals surface area contributed by atoms with Crippen LogP contribution >= 0.6 is 0 Å². The van der Waals surface area contributed by atoms with Crippen molar-refractivity contribution in [2.45, 2.75) is 58.4 Å². The summed E-state index contributed by atoms with van der Waals surface area (Å²) in [5.41, 5.74) is -0.141. The first kappa shape index (κ1) is 13.3. The molecule has 0 aromatic carbocycles. The molecule has 16 heavy (non-hydrogen) atoms. The maximum Gasteiger partial charge on any atom is 0.317 e. The van der Waals surface area contributed by atoms with E-state index in [2.05, 4.69) is 5.32 Å². The number of nitrogens with zero attached hydrogens (tertiary/aromatic N) is 1. The van der Waals surface area contributed by atoms with Crippen LogP contribution < -0.4 is 5.32 Å². The van der Waals surface area contributed by atoms with E-state index in [1.165, 1.54) is 32.1 Å². The van der Waals surface area contributed by atoms with E-state index < -0.39 is 0 Å². The monoisotopic (exact) mass is 226 g/mol. The van der Waals surface area contributed by atoms with Crippen molar-refractivity contribution in [3.8, 4) is 0 Å². The van der Waals surface area contributed by atoms with Crippen LogP contribution in [0.1, 0.15) is 52.9 Å². The summed E-state index contributed by atoms with van der Waals surface area (Å²) >= 11 is 0. The molecule has 0 radical (unpaired) electrons.